The smallest absolute Gasteiger partial charge is 0.332 e. The van der Waals surface area contributed by atoms with Gasteiger partial charge in [-0.2, -0.15) is 0 Å². The van der Waals surface area contributed by atoms with Gasteiger partial charge in [0.1, 0.15) is 6.10 Å². The third kappa shape index (κ3) is 4.16. The van der Waals surface area contributed by atoms with E-state index in [-0.39, 0.29) is 18.6 Å². The summed E-state index contributed by atoms with van der Waals surface area (Å²) in [7, 11) is 0. The van der Waals surface area contributed by atoms with Gasteiger partial charge in [0.05, 0.1) is 6.61 Å². The number of ether oxygens (including phenoxy) is 2. The first kappa shape index (κ1) is 12.9. The Balaban J connectivity index is 2.06. The van der Waals surface area contributed by atoms with E-state index in [4.69, 9.17) is 14.6 Å². The standard InChI is InChI=1S/C10H17NO5/c1-7(10(13)14)15-6-4-11-9(12)8-3-2-5-16-8/h7-8H,2-6H2,1H3,(H,11,12)(H,13,14). The lowest BCUT2D eigenvalue weighted by Crippen LogP contribution is -2.37. The predicted octanol–water partition coefficient (Wildman–Crippen LogP) is -0.229. The zero-order valence-corrected chi connectivity index (χ0v) is 9.27. The number of carboxylic acids is 1. The lowest BCUT2D eigenvalue weighted by Gasteiger charge is -2.11. The number of aliphatic carboxylic acids is 1. The van der Waals surface area contributed by atoms with Crippen molar-refractivity contribution in [3.63, 3.8) is 0 Å². The molecule has 0 aromatic rings. The molecule has 16 heavy (non-hydrogen) atoms. The highest BCUT2D eigenvalue weighted by Crippen LogP contribution is 2.11. The molecule has 1 saturated heterocycles. The molecule has 6 nitrogen and oxygen atoms in total. The van der Waals surface area contributed by atoms with Crippen molar-refractivity contribution >= 4 is 11.9 Å². The van der Waals surface area contributed by atoms with Gasteiger partial charge >= 0.3 is 5.97 Å². The first-order valence-corrected chi connectivity index (χ1v) is 5.35. The summed E-state index contributed by atoms with van der Waals surface area (Å²) >= 11 is 0. The van der Waals surface area contributed by atoms with Crippen LogP contribution in [0.3, 0.4) is 0 Å². The fraction of sp³-hybridized carbons (Fsp3) is 0.800. The normalized spacial score (nSPS) is 21.7. The molecule has 2 unspecified atom stereocenters. The summed E-state index contributed by atoms with van der Waals surface area (Å²) in [5.74, 6) is -1.16. The Hall–Kier alpha value is -1.14. The Morgan fingerprint density at radius 2 is 2.38 bits per heavy atom. The van der Waals surface area contributed by atoms with Gasteiger partial charge in [-0.15, -0.1) is 0 Å². The van der Waals surface area contributed by atoms with Crippen LogP contribution in [-0.2, 0) is 19.1 Å². The molecule has 92 valence electrons. The SMILES string of the molecule is CC(OCCNC(=O)C1CCCO1)C(=O)O. The number of hydrogen-bond donors (Lipinski definition) is 2. The number of hydrogen-bond acceptors (Lipinski definition) is 4. The van der Waals surface area contributed by atoms with Crippen LogP contribution in [0.15, 0.2) is 0 Å². The molecule has 2 atom stereocenters. The van der Waals surface area contributed by atoms with Gasteiger partial charge < -0.3 is 19.9 Å². The first-order valence-electron chi connectivity index (χ1n) is 5.35. The summed E-state index contributed by atoms with van der Waals surface area (Å²) in [5, 5.41) is 11.2. The number of carbonyl (C=O) groups excluding carboxylic acids is 1. The van der Waals surface area contributed by atoms with Crippen LogP contribution < -0.4 is 5.32 Å². The summed E-state index contributed by atoms with van der Waals surface area (Å²) < 4.78 is 10.1. The second kappa shape index (κ2) is 6.44. The van der Waals surface area contributed by atoms with E-state index in [0.717, 1.165) is 12.8 Å². The molecule has 0 aromatic carbocycles. The van der Waals surface area contributed by atoms with Crippen LogP contribution in [-0.4, -0.2) is 48.9 Å². The van der Waals surface area contributed by atoms with Crippen molar-refractivity contribution in [1.82, 2.24) is 5.32 Å². The minimum atomic E-state index is -1.01. The van der Waals surface area contributed by atoms with E-state index in [1.807, 2.05) is 0 Å². The maximum atomic E-state index is 11.4. The van der Waals surface area contributed by atoms with E-state index in [0.29, 0.717) is 13.2 Å². The molecule has 0 saturated carbocycles. The lowest BCUT2D eigenvalue weighted by atomic mass is 10.2. The van der Waals surface area contributed by atoms with E-state index >= 15 is 0 Å². The topological polar surface area (TPSA) is 84.9 Å². The van der Waals surface area contributed by atoms with Gasteiger partial charge in [0, 0.05) is 13.2 Å². The maximum absolute atomic E-state index is 11.4. The molecule has 1 amide bonds. The summed E-state index contributed by atoms with van der Waals surface area (Å²) in [6, 6.07) is 0. The molecule has 0 spiro atoms. The fourth-order valence-electron chi connectivity index (χ4n) is 1.38. The van der Waals surface area contributed by atoms with Crippen LogP contribution >= 0.6 is 0 Å². The van der Waals surface area contributed by atoms with Crippen LogP contribution in [0, 0.1) is 0 Å². The second-order valence-electron chi connectivity index (χ2n) is 3.64. The number of carboxylic acid groups (broad SMARTS) is 1. The van der Waals surface area contributed by atoms with Crippen molar-refractivity contribution < 1.29 is 24.2 Å². The van der Waals surface area contributed by atoms with Gasteiger partial charge in [-0.1, -0.05) is 0 Å². The molecule has 0 aromatic heterocycles. The number of nitrogens with one attached hydrogen (secondary N) is 1. The molecule has 6 heteroatoms. The third-order valence-electron chi connectivity index (χ3n) is 2.34. The average molecular weight is 231 g/mol. The first-order chi connectivity index (χ1) is 7.61. The van der Waals surface area contributed by atoms with E-state index in [1.165, 1.54) is 6.92 Å². The van der Waals surface area contributed by atoms with E-state index < -0.39 is 12.1 Å². The average Bonchev–Trinajstić information content (AvgIpc) is 2.76. The Morgan fingerprint density at radius 3 is 2.94 bits per heavy atom. The van der Waals surface area contributed by atoms with Gasteiger partial charge in [-0.25, -0.2) is 4.79 Å². The second-order valence-corrected chi connectivity index (χ2v) is 3.64. The van der Waals surface area contributed by atoms with Crippen molar-refractivity contribution in [2.45, 2.75) is 32.0 Å². The zero-order valence-electron chi connectivity index (χ0n) is 9.27. The lowest BCUT2D eigenvalue weighted by molar-refractivity contribution is -0.149. The quantitative estimate of drug-likeness (QED) is 0.617. The van der Waals surface area contributed by atoms with Gasteiger partial charge in [0.2, 0.25) is 5.91 Å². The molecule has 1 aliphatic heterocycles. The highest BCUT2D eigenvalue weighted by molar-refractivity contribution is 5.80. The Kier molecular flexibility index (Phi) is 5.21. The van der Waals surface area contributed by atoms with Crippen LogP contribution in [0.4, 0.5) is 0 Å². The molecule has 1 aliphatic rings. The highest BCUT2D eigenvalue weighted by atomic mass is 16.5. The molecular weight excluding hydrogens is 214 g/mol. The highest BCUT2D eigenvalue weighted by Gasteiger charge is 2.22. The summed E-state index contributed by atoms with van der Waals surface area (Å²) in [6.07, 6.45) is 0.458. The molecule has 0 radical (unpaired) electrons. The zero-order chi connectivity index (χ0) is 12.0. The number of rotatable bonds is 6. The Labute approximate surface area is 93.9 Å². The van der Waals surface area contributed by atoms with E-state index in [1.54, 1.807) is 0 Å². The van der Waals surface area contributed by atoms with Crippen LogP contribution in [0.2, 0.25) is 0 Å². The Morgan fingerprint density at radius 1 is 1.62 bits per heavy atom. The third-order valence-corrected chi connectivity index (χ3v) is 2.34. The van der Waals surface area contributed by atoms with E-state index in [9.17, 15) is 9.59 Å². The minimum absolute atomic E-state index is 0.149. The molecular formula is C10H17NO5. The monoisotopic (exact) mass is 231 g/mol. The summed E-state index contributed by atoms with van der Waals surface area (Å²) in [4.78, 5) is 21.8. The maximum Gasteiger partial charge on any atom is 0.332 e. The van der Waals surface area contributed by atoms with Crippen LogP contribution in [0.1, 0.15) is 19.8 Å². The van der Waals surface area contributed by atoms with Gasteiger partial charge in [-0.05, 0) is 19.8 Å². The summed E-state index contributed by atoms with van der Waals surface area (Å²) in [5.41, 5.74) is 0. The predicted molar refractivity (Wildman–Crippen MR) is 55.0 cm³/mol. The van der Waals surface area contributed by atoms with E-state index in [2.05, 4.69) is 5.32 Å². The van der Waals surface area contributed by atoms with Crippen LogP contribution in [0.5, 0.6) is 0 Å². The van der Waals surface area contributed by atoms with Crippen LogP contribution in [0.25, 0.3) is 0 Å². The molecule has 1 heterocycles. The van der Waals surface area contributed by atoms with Gasteiger partial charge in [0.25, 0.3) is 0 Å². The van der Waals surface area contributed by atoms with Gasteiger partial charge in [-0.3, -0.25) is 4.79 Å². The number of carbonyl (C=O) groups is 2. The molecule has 0 bridgehead atoms. The summed E-state index contributed by atoms with van der Waals surface area (Å²) in [6.45, 7) is 2.57. The number of amides is 1. The van der Waals surface area contributed by atoms with Crippen molar-refractivity contribution in [2.24, 2.45) is 0 Å². The molecule has 2 N–H and O–H groups in total. The fourth-order valence-corrected chi connectivity index (χ4v) is 1.38. The molecule has 1 fully saturated rings. The Bertz CT molecular complexity index is 250. The van der Waals surface area contributed by atoms with Crippen molar-refractivity contribution in [1.29, 1.82) is 0 Å². The molecule has 0 aliphatic carbocycles. The van der Waals surface area contributed by atoms with Crippen molar-refractivity contribution in [2.75, 3.05) is 19.8 Å². The molecule has 1 rings (SSSR count). The largest absolute Gasteiger partial charge is 0.479 e. The van der Waals surface area contributed by atoms with Gasteiger partial charge in [0.15, 0.2) is 6.10 Å². The van der Waals surface area contributed by atoms with Crippen molar-refractivity contribution in [3.8, 4) is 0 Å². The minimum Gasteiger partial charge on any atom is -0.479 e. The van der Waals surface area contributed by atoms with Crippen molar-refractivity contribution in [3.05, 3.63) is 0 Å².